The summed E-state index contributed by atoms with van der Waals surface area (Å²) in [6, 6.07) is 0. The Morgan fingerprint density at radius 2 is 1.25 bits per heavy atom. The number of carbonyl (C=O) groups excluding carboxylic acids is 1. The molecule has 9 aliphatic rings. The van der Waals surface area contributed by atoms with Crippen LogP contribution in [0.4, 0.5) is 0 Å². The predicted octanol–water partition coefficient (Wildman–Crippen LogP) is -2.42. The molecule has 28 unspecified atom stereocenters. The lowest BCUT2D eigenvalue weighted by molar-refractivity contribution is -0.374. The van der Waals surface area contributed by atoms with Crippen LogP contribution in [0.5, 0.6) is 0 Å². The first-order valence-corrected chi connectivity index (χ1v) is 27.3. The van der Waals surface area contributed by atoms with Crippen molar-refractivity contribution in [3.8, 4) is 0 Å². The van der Waals surface area contributed by atoms with Gasteiger partial charge in [0.05, 0.1) is 56.8 Å². The highest BCUT2D eigenvalue weighted by molar-refractivity contribution is 5.79. The molecule has 28 atom stereocenters. The van der Waals surface area contributed by atoms with Gasteiger partial charge in [-0.2, -0.15) is 0 Å². The van der Waals surface area contributed by atoms with Crippen molar-refractivity contribution >= 4 is 5.97 Å². The Morgan fingerprint density at radius 3 is 1.88 bits per heavy atom. The predicted molar refractivity (Wildman–Crippen MR) is 258 cm³/mol. The van der Waals surface area contributed by atoms with Crippen molar-refractivity contribution in [3.63, 3.8) is 0 Å². The Bertz CT molecular complexity index is 2120. The van der Waals surface area contributed by atoms with Crippen molar-refractivity contribution < 1.29 is 114 Å². The van der Waals surface area contributed by atoms with Gasteiger partial charge in [-0.3, -0.25) is 4.79 Å². The summed E-state index contributed by atoms with van der Waals surface area (Å²) in [4.78, 5) is 15.6. The summed E-state index contributed by atoms with van der Waals surface area (Å²) in [6.45, 7) is 11.0. The Morgan fingerprint density at radius 1 is 0.645 bits per heavy atom. The lowest BCUT2D eigenvalue weighted by Crippen LogP contribution is -2.69. The van der Waals surface area contributed by atoms with E-state index in [0.717, 1.165) is 5.57 Å². The highest BCUT2D eigenvalue weighted by Crippen LogP contribution is 2.76. The molecule has 0 radical (unpaired) electrons. The maximum Gasteiger partial charge on any atom is 0.315 e. The first kappa shape index (κ1) is 59.0. The second kappa shape index (κ2) is 21.0. The van der Waals surface area contributed by atoms with E-state index in [-0.39, 0.29) is 36.2 Å². The molecule has 14 N–H and O–H groups in total. The normalized spacial score (nSPS) is 55.1. The molecule has 4 saturated carbocycles. The van der Waals surface area contributed by atoms with Gasteiger partial charge < -0.3 is 109 Å². The largest absolute Gasteiger partial charge is 0.432 e. The molecule has 0 aromatic heterocycles. The first-order chi connectivity index (χ1) is 35.5. The molecule has 5 aliphatic carbocycles. The van der Waals surface area contributed by atoms with E-state index in [1.165, 1.54) is 6.92 Å². The highest BCUT2D eigenvalue weighted by Gasteiger charge is 2.72. The molecule has 4 aliphatic heterocycles. The SMILES string of the molecule is CC1OC(OC2C(OC(=O)C34CCC(C)(C)CC3C3=CCC5C6(C)CC(O)C(OC7OC(CO)C(O)C(O)C7O)C(C)(CO)C6CCC5(C)C3(C)CC4)OC(CO)C(O)C2OC2OCC(O)(CO)C2O)C(O)C(O)C1O. The van der Waals surface area contributed by atoms with Crippen molar-refractivity contribution in [3.05, 3.63) is 11.6 Å². The summed E-state index contributed by atoms with van der Waals surface area (Å²) in [5.41, 5.74) is -4.99. The number of aliphatic hydroxyl groups excluding tert-OH is 13. The van der Waals surface area contributed by atoms with E-state index in [0.29, 0.717) is 51.4 Å². The monoisotopic (exact) mass is 1090 g/mol. The van der Waals surface area contributed by atoms with Crippen molar-refractivity contribution in [1.29, 1.82) is 0 Å². The molecule has 8 fully saturated rings. The maximum absolute atomic E-state index is 15.6. The van der Waals surface area contributed by atoms with Crippen LogP contribution < -0.4 is 0 Å². The van der Waals surface area contributed by atoms with E-state index in [2.05, 4.69) is 40.7 Å². The van der Waals surface area contributed by atoms with Crippen LogP contribution in [-0.4, -0.2) is 233 Å². The number of fused-ring (bicyclic) bond motifs is 7. The van der Waals surface area contributed by atoms with Crippen LogP contribution in [0.2, 0.25) is 0 Å². The molecule has 9 rings (SSSR count). The van der Waals surface area contributed by atoms with Crippen LogP contribution in [0.15, 0.2) is 11.6 Å². The number of hydrogen-bond acceptors (Lipinski definition) is 23. The zero-order chi connectivity index (χ0) is 55.6. The quantitative estimate of drug-likeness (QED) is 0.0549. The lowest BCUT2D eigenvalue weighted by Gasteiger charge is -2.72. The standard InChI is InChI=1S/C53H86O23/c1-23-31(59)34(62)36(64)42(70-23)74-39-38(73-45-40(66)53(68,21-57)22-69-45)33(61)28(19-55)72-44(39)76-46(67)52-14-12-47(2,3)16-25(52)24-8-9-30-48(4)17-26(58)41(75-43-37(65)35(63)32(60)27(18-54)71-43)49(5,20-56)29(48)10-11-51(30,7)50(24,6)13-15-52/h8,23,25-45,54-66,68H,9-22H2,1-7H3. The van der Waals surface area contributed by atoms with Gasteiger partial charge in [0.15, 0.2) is 25.0 Å². The number of ether oxygens (including phenoxy) is 8. The van der Waals surface area contributed by atoms with Crippen LogP contribution in [0.25, 0.3) is 0 Å². The number of allylic oxidation sites excluding steroid dienone is 2. The van der Waals surface area contributed by atoms with Crippen molar-refractivity contribution in [2.45, 2.75) is 229 Å². The van der Waals surface area contributed by atoms with Gasteiger partial charge in [0.1, 0.15) is 72.7 Å². The van der Waals surface area contributed by atoms with Gasteiger partial charge in [-0.05, 0) is 104 Å². The summed E-state index contributed by atoms with van der Waals surface area (Å²) < 4.78 is 48.4. The summed E-state index contributed by atoms with van der Waals surface area (Å²) in [5.74, 6) is -1.29. The molecule has 0 bridgehead atoms. The molecule has 0 spiro atoms. The molecule has 4 saturated heterocycles. The van der Waals surface area contributed by atoms with Crippen LogP contribution in [0.1, 0.15) is 106 Å². The minimum Gasteiger partial charge on any atom is -0.432 e. The molecule has 0 amide bonds. The minimum absolute atomic E-state index is 0.0416. The molecule has 0 aromatic rings. The topological polar surface area (TPSA) is 374 Å². The van der Waals surface area contributed by atoms with E-state index in [1.54, 1.807) is 0 Å². The van der Waals surface area contributed by atoms with Gasteiger partial charge >= 0.3 is 5.97 Å². The Hall–Kier alpha value is -1.63. The molecule has 0 aromatic carbocycles. The Balaban J connectivity index is 1.03. The van der Waals surface area contributed by atoms with Crippen LogP contribution >= 0.6 is 0 Å². The van der Waals surface area contributed by atoms with Crippen LogP contribution in [0, 0.1) is 50.2 Å². The fourth-order valence-electron chi connectivity index (χ4n) is 16.3. The Labute approximate surface area is 442 Å². The fourth-order valence-corrected chi connectivity index (χ4v) is 16.3. The van der Waals surface area contributed by atoms with Gasteiger partial charge in [-0.1, -0.05) is 53.2 Å². The molecule has 23 nitrogen and oxygen atoms in total. The third kappa shape index (κ3) is 9.18. The van der Waals surface area contributed by atoms with Gasteiger partial charge in [0, 0.05) is 5.41 Å². The third-order valence-corrected chi connectivity index (χ3v) is 21.2. The number of hydrogen-bond donors (Lipinski definition) is 14. The summed E-state index contributed by atoms with van der Waals surface area (Å²) in [5, 5.41) is 152. The second-order valence-corrected chi connectivity index (χ2v) is 26.0. The van der Waals surface area contributed by atoms with E-state index in [4.69, 9.17) is 37.9 Å². The number of rotatable bonds is 12. The minimum atomic E-state index is -2.16. The number of esters is 1. The summed E-state index contributed by atoms with van der Waals surface area (Å²) in [7, 11) is 0. The molecule has 4 heterocycles. The average Bonchev–Trinajstić information content (AvgIpc) is 3.75. The molecular formula is C53H86O23. The van der Waals surface area contributed by atoms with E-state index >= 15 is 4.79 Å². The molecule has 76 heavy (non-hydrogen) atoms. The van der Waals surface area contributed by atoms with Crippen molar-refractivity contribution in [2.24, 2.45) is 50.2 Å². The smallest absolute Gasteiger partial charge is 0.315 e. The third-order valence-electron chi connectivity index (χ3n) is 21.2. The zero-order valence-electron chi connectivity index (χ0n) is 44.6. The van der Waals surface area contributed by atoms with Crippen molar-refractivity contribution in [1.82, 2.24) is 0 Å². The molecular weight excluding hydrogens is 1000 g/mol. The summed E-state index contributed by atoms with van der Waals surface area (Å²) >= 11 is 0. The molecule has 436 valence electrons. The van der Waals surface area contributed by atoms with E-state index < -0.39 is 182 Å². The molecule has 23 heteroatoms. The average molecular weight is 1090 g/mol. The lowest BCUT2D eigenvalue weighted by atomic mass is 9.33. The van der Waals surface area contributed by atoms with Gasteiger partial charge in [-0.25, -0.2) is 0 Å². The number of aliphatic hydroxyl groups is 14. The maximum atomic E-state index is 15.6. The van der Waals surface area contributed by atoms with E-state index in [1.807, 2.05) is 6.92 Å². The zero-order valence-corrected chi connectivity index (χ0v) is 44.6. The summed E-state index contributed by atoms with van der Waals surface area (Å²) in [6.07, 6.45) is -23.2. The van der Waals surface area contributed by atoms with E-state index in [9.17, 15) is 71.5 Å². The van der Waals surface area contributed by atoms with Crippen molar-refractivity contribution in [2.75, 3.05) is 33.0 Å². The van der Waals surface area contributed by atoms with Gasteiger partial charge in [0.2, 0.25) is 6.29 Å². The Kier molecular flexibility index (Phi) is 16.3. The van der Waals surface area contributed by atoms with Gasteiger partial charge in [0.25, 0.3) is 0 Å². The fraction of sp³-hybridized carbons (Fsp3) is 0.943. The first-order valence-electron chi connectivity index (χ1n) is 27.3. The van der Waals surface area contributed by atoms with Crippen LogP contribution in [0.3, 0.4) is 0 Å². The second-order valence-electron chi connectivity index (χ2n) is 26.0. The number of carbonyl (C=O) groups is 1. The van der Waals surface area contributed by atoms with Gasteiger partial charge in [-0.15, -0.1) is 0 Å². The van der Waals surface area contributed by atoms with Crippen LogP contribution in [-0.2, 0) is 42.7 Å². The highest BCUT2D eigenvalue weighted by atomic mass is 16.8.